The number of rotatable bonds is 4. The molecule has 152 valence electrons. The molecule has 2 aromatic heterocycles. The van der Waals surface area contributed by atoms with Crippen LogP contribution in [0.1, 0.15) is 28.0 Å². The number of halogens is 1. The van der Waals surface area contributed by atoms with Gasteiger partial charge in [-0.3, -0.25) is 4.79 Å². The molecule has 1 fully saturated rings. The third kappa shape index (κ3) is 3.49. The quantitative estimate of drug-likeness (QED) is 0.697. The monoisotopic (exact) mass is 398 g/mol. The first-order chi connectivity index (χ1) is 13.9. The predicted molar refractivity (Wildman–Crippen MR) is 104 cm³/mol. The summed E-state index contributed by atoms with van der Waals surface area (Å²) in [5.74, 6) is -0.555. The van der Waals surface area contributed by atoms with E-state index < -0.39 is 11.5 Å². The van der Waals surface area contributed by atoms with Crippen LogP contribution < -0.4 is 0 Å². The molecule has 4 rings (SSSR count). The lowest BCUT2D eigenvalue weighted by Crippen LogP contribution is -2.56. The van der Waals surface area contributed by atoms with Gasteiger partial charge in [0.1, 0.15) is 5.82 Å². The van der Waals surface area contributed by atoms with Crippen LogP contribution in [0.25, 0.3) is 5.65 Å². The molecule has 0 unspecified atom stereocenters. The van der Waals surface area contributed by atoms with E-state index in [1.54, 1.807) is 40.0 Å². The lowest BCUT2D eigenvalue weighted by Gasteiger charge is -2.45. The van der Waals surface area contributed by atoms with Crippen molar-refractivity contribution in [1.82, 2.24) is 19.5 Å². The van der Waals surface area contributed by atoms with Crippen LogP contribution in [0.5, 0.6) is 0 Å². The van der Waals surface area contributed by atoms with Crippen molar-refractivity contribution < 1.29 is 19.4 Å². The Morgan fingerprint density at radius 3 is 2.79 bits per heavy atom. The first-order valence-corrected chi connectivity index (χ1v) is 9.55. The van der Waals surface area contributed by atoms with Crippen molar-refractivity contribution >= 4 is 11.6 Å². The van der Waals surface area contributed by atoms with E-state index in [1.807, 2.05) is 6.92 Å². The molecule has 3 heterocycles. The van der Waals surface area contributed by atoms with E-state index in [9.17, 15) is 19.4 Å². The molecule has 1 aliphatic rings. The summed E-state index contributed by atoms with van der Waals surface area (Å²) in [7, 11) is 0. The minimum Gasteiger partial charge on any atom is -0.396 e. The molecule has 2 N–H and O–H groups in total. The number of aromatic nitrogens is 3. The van der Waals surface area contributed by atoms with Crippen LogP contribution in [0.15, 0.2) is 42.7 Å². The molecule has 2 atom stereocenters. The van der Waals surface area contributed by atoms with E-state index in [4.69, 9.17) is 0 Å². The fourth-order valence-electron chi connectivity index (χ4n) is 4.09. The Hall–Kier alpha value is -2.84. The standard InChI is InChI=1S/C21H23FN4O3/c1-14-17(11-23-19-6-8-24-26(14)19)20(29)25-9-7-18(28)21(12-25,13-27)10-15-2-4-16(22)5-3-15/h2-6,8,11,18,27-28H,7,9-10,12-13H2,1H3/t18-,21-/m0/s1. The zero-order chi connectivity index (χ0) is 20.6. The number of carbonyl (C=O) groups is 1. The Morgan fingerprint density at radius 2 is 2.07 bits per heavy atom. The molecule has 8 heteroatoms. The van der Waals surface area contributed by atoms with Crippen LogP contribution >= 0.6 is 0 Å². The Balaban J connectivity index is 1.61. The average Bonchev–Trinajstić information content (AvgIpc) is 3.21. The molecule has 0 aliphatic carbocycles. The fraction of sp³-hybridized carbons (Fsp3) is 0.381. The van der Waals surface area contributed by atoms with Gasteiger partial charge in [0.25, 0.3) is 5.91 Å². The van der Waals surface area contributed by atoms with Gasteiger partial charge < -0.3 is 15.1 Å². The molecule has 1 saturated heterocycles. The molecule has 1 aromatic carbocycles. The molecule has 0 radical (unpaired) electrons. The van der Waals surface area contributed by atoms with Gasteiger partial charge in [-0.2, -0.15) is 5.10 Å². The summed E-state index contributed by atoms with van der Waals surface area (Å²) in [6.07, 6.45) is 3.09. The highest BCUT2D eigenvalue weighted by Crippen LogP contribution is 2.34. The summed E-state index contributed by atoms with van der Waals surface area (Å²) in [5, 5.41) is 25.0. The van der Waals surface area contributed by atoms with Gasteiger partial charge in [0, 0.05) is 30.8 Å². The second-order valence-electron chi connectivity index (χ2n) is 7.71. The van der Waals surface area contributed by atoms with E-state index in [0.29, 0.717) is 36.3 Å². The van der Waals surface area contributed by atoms with E-state index in [-0.39, 0.29) is 24.9 Å². The number of aliphatic hydroxyl groups excluding tert-OH is 2. The highest BCUT2D eigenvalue weighted by molar-refractivity contribution is 5.95. The van der Waals surface area contributed by atoms with Gasteiger partial charge in [0.15, 0.2) is 5.65 Å². The van der Waals surface area contributed by atoms with Gasteiger partial charge >= 0.3 is 0 Å². The smallest absolute Gasteiger partial charge is 0.257 e. The maximum Gasteiger partial charge on any atom is 0.257 e. The maximum atomic E-state index is 13.2. The number of benzene rings is 1. The molecular weight excluding hydrogens is 375 g/mol. The van der Waals surface area contributed by atoms with Crippen LogP contribution in [-0.4, -0.2) is 61.4 Å². The van der Waals surface area contributed by atoms with Crippen LogP contribution in [0, 0.1) is 18.2 Å². The summed E-state index contributed by atoms with van der Waals surface area (Å²) in [6, 6.07) is 7.75. The van der Waals surface area contributed by atoms with E-state index in [2.05, 4.69) is 10.1 Å². The number of aliphatic hydroxyl groups is 2. The van der Waals surface area contributed by atoms with E-state index in [1.165, 1.54) is 12.1 Å². The average molecular weight is 398 g/mol. The van der Waals surface area contributed by atoms with Crippen molar-refractivity contribution in [3.63, 3.8) is 0 Å². The number of aryl methyl sites for hydroxylation is 1. The van der Waals surface area contributed by atoms with Crippen molar-refractivity contribution in [1.29, 1.82) is 0 Å². The van der Waals surface area contributed by atoms with Crippen LogP contribution in [-0.2, 0) is 6.42 Å². The normalized spacial score (nSPS) is 22.2. The number of amides is 1. The maximum absolute atomic E-state index is 13.2. The van der Waals surface area contributed by atoms with Crippen molar-refractivity contribution in [3.05, 3.63) is 65.4 Å². The Kier molecular flexibility index (Phi) is 5.06. The van der Waals surface area contributed by atoms with Crippen molar-refractivity contribution in [2.24, 2.45) is 5.41 Å². The van der Waals surface area contributed by atoms with Crippen LogP contribution in [0.3, 0.4) is 0 Å². The molecular formula is C21H23FN4O3. The van der Waals surface area contributed by atoms with Crippen molar-refractivity contribution in [3.8, 4) is 0 Å². The van der Waals surface area contributed by atoms with Gasteiger partial charge in [0.05, 0.1) is 30.2 Å². The van der Waals surface area contributed by atoms with Crippen molar-refractivity contribution in [2.75, 3.05) is 19.7 Å². The molecule has 3 aromatic rings. The summed E-state index contributed by atoms with van der Waals surface area (Å²) >= 11 is 0. The number of nitrogens with zero attached hydrogens (tertiary/aromatic N) is 4. The van der Waals surface area contributed by atoms with Gasteiger partial charge in [-0.25, -0.2) is 13.9 Å². The minimum absolute atomic E-state index is 0.192. The third-order valence-electron chi connectivity index (χ3n) is 5.84. The Bertz CT molecular complexity index is 1040. The molecule has 0 bridgehead atoms. The minimum atomic E-state index is -0.914. The summed E-state index contributed by atoms with van der Waals surface area (Å²) in [6.45, 7) is 2.09. The number of hydrogen-bond donors (Lipinski definition) is 2. The number of carbonyl (C=O) groups excluding carboxylic acids is 1. The predicted octanol–water partition coefficient (Wildman–Crippen LogP) is 1.61. The molecule has 1 amide bonds. The molecule has 29 heavy (non-hydrogen) atoms. The summed E-state index contributed by atoms with van der Waals surface area (Å²) in [4.78, 5) is 19.2. The van der Waals surface area contributed by atoms with Crippen molar-refractivity contribution in [2.45, 2.75) is 25.9 Å². The number of piperidine rings is 1. The van der Waals surface area contributed by atoms with Gasteiger partial charge in [-0.1, -0.05) is 12.1 Å². The number of hydrogen-bond acceptors (Lipinski definition) is 5. The Morgan fingerprint density at radius 1 is 1.31 bits per heavy atom. The van der Waals surface area contributed by atoms with E-state index in [0.717, 1.165) is 5.56 Å². The third-order valence-corrected chi connectivity index (χ3v) is 5.84. The zero-order valence-electron chi connectivity index (χ0n) is 16.1. The number of likely N-dealkylation sites (tertiary alicyclic amines) is 1. The van der Waals surface area contributed by atoms with E-state index >= 15 is 0 Å². The first kappa shape index (κ1) is 19.5. The zero-order valence-corrected chi connectivity index (χ0v) is 16.1. The second-order valence-corrected chi connectivity index (χ2v) is 7.71. The molecule has 1 aliphatic heterocycles. The lowest BCUT2D eigenvalue weighted by molar-refractivity contribution is -0.0669. The lowest BCUT2D eigenvalue weighted by atomic mass is 9.73. The Labute approximate surface area is 167 Å². The second kappa shape index (κ2) is 7.53. The van der Waals surface area contributed by atoms with Gasteiger partial charge in [-0.05, 0) is 37.5 Å². The van der Waals surface area contributed by atoms with Crippen LogP contribution in [0.2, 0.25) is 0 Å². The molecule has 0 saturated carbocycles. The fourth-order valence-corrected chi connectivity index (χ4v) is 4.09. The molecule has 0 spiro atoms. The van der Waals surface area contributed by atoms with Gasteiger partial charge in [0.2, 0.25) is 0 Å². The largest absolute Gasteiger partial charge is 0.396 e. The van der Waals surface area contributed by atoms with Gasteiger partial charge in [-0.15, -0.1) is 0 Å². The summed E-state index contributed by atoms with van der Waals surface area (Å²) in [5.41, 5.74) is 1.66. The first-order valence-electron chi connectivity index (χ1n) is 9.55. The number of fused-ring (bicyclic) bond motifs is 1. The topological polar surface area (TPSA) is 91.0 Å². The SMILES string of the molecule is Cc1c(C(=O)N2CC[C@H](O)[C@@](CO)(Cc3ccc(F)cc3)C2)cnc2ccnn12. The highest BCUT2D eigenvalue weighted by atomic mass is 19.1. The summed E-state index contributed by atoms with van der Waals surface area (Å²) < 4.78 is 14.9. The highest BCUT2D eigenvalue weighted by Gasteiger charge is 2.44. The van der Waals surface area contributed by atoms with Crippen LogP contribution in [0.4, 0.5) is 4.39 Å². The molecule has 7 nitrogen and oxygen atoms in total.